The van der Waals surface area contributed by atoms with Gasteiger partial charge in [0, 0.05) is 19.3 Å². The van der Waals surface area contributed by atoms with Crippen LogP contribution in [-0.2, 0) is 17.9 Å². The summed E-state index contributed by atoms with van der Waals surface area (Å²) in [5, 5.41) is 3.19. The molecule has 0 fully saturated rings. The number of carbonyl (C=O) groups excluding carboxylic acids is 1. The highest BCUT2D eigenvalue weighted by atomic mass is 35.5. The first-order valence-electron chi connectivity index (χ1n) is 6.50. The van der Waals surface area contributed by atoms with Crippen LogP contribution in [0, 0.1) is 0 Å². The van der Waals surface area contributed by atoms with E-state index < -0.39 is 0 Å². The summed E-state index contributed by atoms with van der Waals surface area (Å²) in [5.41, 5.74) is 8.63. The molecule has 1 amide bonds. The molecule has 2 aromatic carbocycles. The largest absolute Gasteiger partial charge is 0.399 e. The van der Waals surface area contributed by atoms with Gasteiger partial charge in [0.25, 0.3) is 5.91 Å². The van der Waals surface area contributed by atoms with Crippen molar-refractivity contribution in [2.75, 3.05) is 12.8 Å². The number of rotatable bonds is 5. The highest BCUT2D eigenvalue weighted by molar-refractivity contribution is 6.34. The summed E-state index contributed by atoms with van der Waals surface area (Å²) in [7, 11) is 1.65. The molecule has 0 aromatic heterocycles. The lowest BCUT2D eigenvalue weighted by Gasteiger charge is -2.08. The minimum atomic E-state index is -0.225. The second kappa shape index (κ2) is 7.11. The van der Waals surface area contributed by atoms with E-state index >= 15 is 0 Å². The second-order valence-corrected chi connectivity index (χ2v) is 5.08. The molecule has 2 aromatic rings. The second-order valence-electron chi connectivity index (χ2n) is 4.67. The molecule has 0 aliphatic rings. The number of nitrogen functional groups attached to an aromatic ring is 1. The van der Waals surface area contributed by atoms with Crippen LogP contribution in [0.5, 0.6) is 0 Å². The van der Waals surface area contributed by atoms with Gasteiger partial charge in [-0.05, 0) is 29.3 Å². The van der Waals surface area contributed by atoms with Crippen LogP contribution in [0.2, 0.25) is 5.02 Å². The van der Waals surface area contributed by atoms with Crippen LogP contribution >= 0.6 is 11.6 Å². The molecule has 0 bridgehead atoms. The fourth-order valence-corrected chi connectivity index (χ4v) is 2.26. The van der Waals surface area contributed by atoms with Crippen LogP contribution in [-0.4, -0.2) is 13.0 Å². The van der Waals surface area contributed by atoms with Gasteiger partial charge in [0.05, 0.1) is 17.2 Å². The van der Waals surface area contributed by atoms with Crippen molar-refractivity contribution in [1.82, 2.24) is 5.32 Å². The molecule has 110 valence electrons. The Morgan fingerprint density at radius 2 is 2.00 bits per heavy atom. The van der Waals surface area contributed by atoms with Gasteiger partial charge in [0.1, 0.15) is 0 Å². The monoisotopic (exact) mass is 304 g/mol. The Labute approximate surface area is 128 Å². The van der Waals surface area contributed by atoms with Crippen molar-refractivity contribution in [2.45, 2.75) is 13.2 Å². The highest BCUT2D eigenvalue weighted by Gasteiger charge is 2.10. The van der Waals surface area contributed by atoms with Crippen LogP contribution in [0.25, 0.3) is 0 Å². The molecule has 3 N–H and O–H groups in total. The Bertz CT molecular complexity index is 644. The lowest BCUT2D eigenvalue weighted by molar-refractivity contribution is 0.0951. The molecule has 0 aliphatic heterocycles. The molecule has 5 heteroatoms. The van der Waals surface area contributed by atoms with Crippen molar-refractivity contribution >= 4 is 23.2 Å². The van der Waals surface area contributed by atoms with Crippen LogP contribution in [0.3, 0.4) is 0 Å². The molecular formula is C16H17ClN2O2. The maximum Gasteiger partial charge on any atom is 0.253 e. The Hall–Kier alpha value is -2.04. The van der Waals surface area contributed by atoms with Gasteiger partial charge in [-0.2, -0.15) is 0 Å². The number of methoxy groups -OCH3 is 1. The topological polar surface area (TPSA) is 64.3 Å². The summed E-state index contributed by atoms with van der Waals surface area (Å²) in [6, 6.07) is 12.7. The van der Waals surface area contributed by atoms with Gasteiger partial charge in [-0.25, -0.2) is 0 Å². The van der Waals surface area contributed by atoms with E-state index in [9.17, 15) is 4.79 Å². The zero-order chi connectivity index (χ0) is 15.2. The molecule has 0 heterocycles. The zero-order valence-corrected chi connectivity index (χ0v) is 12.5. The highest BCUT2D eigenvalue weighted by Crippen LogP contribution is 2.19. The van der Waals surface area contributed by atoms with E-state index in [-0.39, 0.29) is 5.91 Å². The van der Waals surface area contributed by atoms with E-state index in [0.29, 0.717) is 29.4 Å². The Kier molecular flexibility index (Phi) is 5.20. The van der Waals surface area contributed by atoms with Gasteiger partial charge >= 0.3 is 0 Å². The molecule has 0 aliphatic carbocycles. The van der Waals surface area contributed by atoms with E-state index in [2.05, 4.69) is 5.32 Å². The summed E-state index contributed by atoms with van der Waals surface area (Å²) in [5.74, 6) is -0.225. The first-order valence-corrected chi connectivity index (χ1v) is 6.88. The van der Waals surface area contributed by atoms with Gasteiger partial charge in [0.15, 0.2) is 0 Å². The fraction of sp³-hybridized carbons (Fsp3) is 0.188. The third-order valence-corrected chi connectivity index (χ3v) is 3.31. The minimum Gasteiger partial charge on any atom is -0.399 e. The number of halogens is 1. The summed E-state index contributed by atoms with van der Waals surface area (Å²) in [4.78, 5) is 12.1. The summed E-state index contributed by atoms with van der Waals surface area (Å²) in [6.45, 7) is 0.975. The Balaban J connectivity index is 2.02. The molecule has 2 rings (SSSR count). The molecule has 0 unspecified atom stereocenters. The Morgan fingerprint density at radius 1 is 1.24 bits per heavy atom. The number of hydrogen-bond donors (Lipinski definition) is 2. The third kappa shape index (κ3) is 4.21. The van der Waals surface area contributed by atoms with Crippen molar-refractivity contribution < 1.29 is 9.53 Å². The fourth-order valence-electron chi connectivity index (χ4n) is 1.99. The molecule has 21 heavy (non-hydrogen) atoms. The Morgan fingerprint density at radius 3 is 2.71 bits per heavy atom. The molecule has 4 nitrogen and oxygen atoms in total. The zero-order valence-electron chi connectivity index (χ0n) is 11.7. The van der Waals surface area contributed by atoms with Gasteiger partial charge in [0.2, 0.25) is 0 Å². The predicted octanol–water partition coefficient (Wildman–Crippen LogP) is 3.00. The van der Waals surface area contributed by atoms with E-state index in [1.165, 1.54) is 0 Å². The number of carbonyl (C=O) groups is 1. The number of benzene rings is 2. The SMILES string of the molecule is COCc1cccc(CNC(=O)c2ccc(N)cc2Cl)c1. The number of ether oxygens (including phenoxy) is 1. The molecule has 0 saturated carbocycles. The maximum absolute atomic E-state index is 12.1. The lowest BCUT2D eigenvalue weighted by Crippen LogP contribution is -2.23. The van der Waals surface area contributed by atoms with Gasteiger partial charge in [-0.3, -0.25) is 4.79 Å². The summed E-state index contributed by atoms with van der Waals surface area (Å²) in [6.07, 6.45) is 0. The number of hydrogen-bond acceptors (Lipinski definition) is 3. The van der Waals surface area contributed by atoms with Crippen LogP contribution in [0.15, 0.2) is 42.5 Å². The number of nitrogens with two attached hydrogens (primary N) is 1. The molecular weight excluding hydrogens is 288 g/mol. The number of anilines is 1. The molecule has 0 saturated heterocycles. The van der Waals surface area contributed by atoms with Gasteiger partial charge < -0.3 is 15.8 Å². The number of nitrogens with one attached hydrogen (secondary N) is 1. The van der Waals surface area contributed by atoms with E-state index in [0.717, 1.165) is 11.1 Å². The van der Waals surface area contributed by atoms with E-state index in [1.807, 2.05) is 24.3 Å². The predicted molar refractivity (Wildman–Crippen MR) is 84.2 cm³/mol. The van der Waals surface area contributed by atoms with Crippen molar-refractivity contribution in [1.29, 1.82) is 0 Å². The van der Waals surface area contributed by atoms with Crippen molar-refractivity contribution in [3.63, 3.8) is 0 Å². The van der Waals surface area contributed by atoms with E-state index in [1.54, 1.807) is 25.3 Å². The minimum absolute atomic E-state index is 0.225. The number of amides is 1. The third-order valence-electron chi connectivity index (χ3n) is 2.99. The average molecular weight is 305 g/mol. The van der Waals surface area contributed by atoms with Crippen LogP contribution in [0.4, 0.5) is 5.69 Å². The normalized spacial score (nSPS) is 10.4. The first kappa shape index (κ1) is 15.4. The quantitative estimate of drug-likeness (QED) is 0.835. The maximum atomic E-state index is 12.1. The van der Waals surface area contributed by atoms with Crippen LogP contribution in [0.1, 0.15) is 21.5 Å². The lowest BCUT2D eigenvalue weighted by atomic mass is 10.1. The van der Waals surface area contributed by atoms with Crippen LogP contribution < -0.4 is 11.1 Å². The van der Waals surface area contributed by atoms with Crippen molar-refractivity contribution in [3.05, 3.63) is 64.2 Å². The van der Waals surface area contributed by atoms with Gasteiger partial charge in [-0.1, -0.05) is 35.9 Å². The molecule has 0 spiro atoms. The van der Waals surface area contributed by atoms with Crippen molar-refractivity contribution in [2.24, 2.45) is 0 Å². The standard InChI is InChI=1S/C16H17ClN2O2/c1-21-10-12-4-2-3-11(7-12)9-19-16(20)14-6-5-13(18)8-15(14)17/h2-8H,9-10,18H2,1H3,(H,19,20). The molecule has 0 radical (unpaired) electrons. The van der Waals surface area contributed by atoms with Crippen molar-refractivity contribution in [3.8, 4) is 0 Å². The van der Waals surface area contributed by atoms with E-state index in [4.69, 9.17) is 22.1 Å². The summed E-state index contributed by atoms with van der Waals surface area (Å²) < 4.78 is 5.09. The summed E-state index contributed by atoms with van der Waals surface area (Å²) >= 11 is 6.02. The smallest absolute Gasteiger partial charge is 0.253 e. The molecule has 0 atom stereocenters. The van der Waals surface area contributed by atoms with Gasteiger partial charge in [-0.15, -0.1) is 0 Å². The first-order chi connectivity index (χ1) is 10.1. The average Bonchev–Trinajstić information content (AvgIpc) is 2.45.